The van der Waals surface area contributed by atoms with Gasteiger partial charge in [-0.25, -0.2) is 4.79 Å². The average molecular weight is 367 g/mol. The van der Waals surface area contributed by atoms with Gasteiger partial charge < -0.3 is 13.9 Å². The quantitative estimate of drug-likeness (QED) is 0.668. The van der Waals surface area contributed by atoms with Crippen LogP contribution in [0, 0.1) is 0 Å². The van der Waals surface area contributed by atoms with Gasteiger partial charge in [0.05, 0.1) is 26.2 Å². The second kappa shape index (κ2) is 8.13. The largest absolute Gasteiger partial charge is 0.497 e. The van der Waals surface area contributed by atoms with Gasteiger partial charge in [-0.3, -0.25) is 10.1 Å². The molecule has 1 N–H and O–H groups in total. The van der Waals surface area contributed by atoms with Crippen molar-refractivity contribution in [3.63, 3.8) is 0 Å². The molecule has 0 saturated heterocycles. The number of rotatable bonds is 6. The predicted octanol–water partition coefficient (Wildman–Crippen LogP) is 2.71. The van der Waals surface area contributed by atoms with E-state index in [1.807, 2.05) is 24.3 Å². The lowest BCUT2D eigenvalue weighted by molar-refractivity contribution is 0.0600. The molecule has 0 fully saturated rings. The van der Waals surface area contributed by atoms with Gasteiger partial charge in [0, 0.05) is 5.56 Å². The van der Waals surface area contributed by atoms with Crippen LogP contribution in [0.2, 0.25) is 0 Å². The van der Waals surface area contributed by atoms with Crippen LogP contribution in [-0.4, -0.2) is 36.3 Å². The third kappa shape index (κ3) is 4.49. The minimum Gasteiger partial charge on any atom is -0.497 e. The van der Waals surface area contributed by atoms with E-state index in [0.29, 0.717) is 23.4 Å². The molecule has 0 aliphatic carbocycles. The Kier molecular flexibility index (Phi) is 5.46. The summed E-state index contributed by atoms with van der Waals surface area (Å²) in [6, 6.07) is 13.5. The van der Waals surface area contributed by atoms with Crippen molar-refractivity contribution in [3.8, 4) is 5.75 Å². The summed E-state index contributed by atoms with van der Waals surface area (Å²) in [7, 11) is 2.90. The lowest BCUT2D eigenvalue weighted by atomic mass is 10.1. The molecule has 3 aromatic rings. The van der Waals surface area contributed by atoms with E-state index < -0.39 is 11.9 Å². The monoisotopic (exact) mass is 367 g/mol. The highest BCUT2D eigenvalue weighted by atomic mass is 16.5. The fourth-order valence-electron chi connectivity index (χ4n) is 2.34. The Morgan fingerprint density at radius 2 is 1.63 bits per heavy atom. The third-order valence-electron chi connectivity index (χ3n) is 3.77. The summed E-state index contributed by atoms with van der Waals surface area (Å²) < 4.78 is 15.2. The second-order valence-corrected chi connectivity index (χ2v) is 5.55. The Hall–Kier alpha value is -3.68. The van der Waals surface area contributed by atoms with Crippen molar-refractivity contribution < 1.29 is 23.5 Å². The molecule has 138 valence electrons. The summed E-state index contributed by atoms with van der Waals surface area (Å²) in [6.45, 7) is 0. The van der Waals surface area contributed by atoms with Gasteiger partial charge in [-0.05, 0) is 42.0 Å². The summed E-state index contributed by atoms with van der Waals surface area (Å²) >= 11 is 0. The lowest BCUT2D eigenvalue weighted by Crippen LogP contribution is -2.12. The van der Waals surface area contributed by atoms with E-state index in [-0.39, 0.29) is 6.01 Å². The van der Waals surface area contributed by atoms with Crippen LogP contribution >= 0.6 is 0 Å². The lowest BCUT2D eigenvalue weighted by Gasteiger charge is -2.02. The minimum absolute atomic E-state index is 0.000515. The molecular weight excluding hydrogens is 350 g/mol. The molecule has 0 radical (unpaired) electrons. The van der Waals surface area contributed by atoms with Gasteiger partial charge in [-0.2, -0.15) is 0 Å². The summed E-state index contributed by atoms with van der Waals surface area (Å²) in [4.78, 5) is 23.6. The normalized spacial score (nSPS) is 10.3. The molecule has 0 bridgehead atoms. The van der Waals surface area contributed by atoms with Crippen LogP contribution in [0.1, 0.15) is 32.2 Å². The minimum atomic E-state index is -0.470. The van der Waals surface area contributed by atoms with E-state index in [2.05, 4.69) is 20.3 Å². The van der Waals surface area contributed by atoms with Gasteiger partial charge in [0.2, 0.25) is 5.89 Å². The number of methoxy groups -OCH3 is 2. The second-order valence-electron chi connectivity index (χ2n) is 5.55. The molecule has 0 aliphatic rings. The van der Waals surface area contributed by atoms with Crippen molar-refractivity contribution in [2.24, 2.45) is 0 Å². The highest BCUT2D eigenvalue weighted by Crippen LogP contribution is 2.16. The Labute approximate surface area is 155 Å². The third-order valence-corrected chi connectivity index (χ3v) is 3.77. The number of nitrogens with zero attached hydrogens (tertiary/aromatic N) is 2. The summed E-state index contributed by atoms with van der Waals surface area (Å²) in [6.07, 6.45) is 0.431. The maximum Gasteiger partial charge on any atom is 0.337 e. The number of esters is 1. The van der Waals surface area contributed by atoms with E-state index in [9.17, 15) is 9.59 Å². The van der Waals surface area contributed by atoms with Crippen LogP contribution in [0.5, 0.6) is 5.75 Å². The highest BCUT2D eigenvalue weighted by molar-refractivity contribution is 6.03. The molecule has 0 saturated carbocycles. The molecule has 1 aromatic heterocycles. The SMILES string of the molecule is COC(=O)c1ccc(C(=O)Nc2nnc(Cc3ccc(OC)cc3)o2)cc1. The molecule has 1 amide bonds. The molecule has 2 aromatic carbocycles. The number of hydrogen-bond donors (Lipinski definition) is 1. The van der Waals surface area contributed by atoms with Gasteiger partial charge >= 0.3 is 12.0 Å². The first-order valence-electron chi connectivity index (χ1n) is 8.04. The number of aromatic nitrogens is 2. The van der Waals surface area contributed by atoms with Crippen LogP contribution < -0.4 is 10.1 Å². The van der Waals surface area contributed by atoms with E-state index >= 15 is 0 Å². The Morgan fingerprint density at radius 3 is 2.26 bits per heavy atom. The summed E-state index contributed by atoms with van der Waals surface area (Å²) in [5.74, 6) is 0.236. The number of carbonyl (C=O) groups excluding carboxylic acids is 2. The smallest absolute Gasteiger partial charge is 0.337 e. The molecule has 8 nitrogen and oxygen atoms in total. The summed E-state index contributed by atoms with van der Waals surface area (Å²) in [5, 5.41) is 10.3. The first-order chi connectivity index (χ1) is 13.1. The fourth-order valence-corrected chi connectivity index (χ4v) is 2.34. The Bertz CT molecular complexity index is 933. The fraction of sp³-hybridized carbons (Fsp3) is 0.158. The number of nitrogens with one attached hydrogen (secondary N) is 1. The topological polar surface area (TPSA) is 104 Å². The van der Waals surface area contributed by atoms with Crippen molar-refractivity contribution in [3.05, 3.63) is 71.1 Å². The highest BCUT2D eigenvalue weighted by Gasteiger charge is 2.13. The van der Waals surface area contributed by atoms with E-state index in [4.69, 9.17) is 9.15 Å². The molecular formula is C19H17N3O5. The van der Waals surface area contributed by atoms with Crippen molar-refractivity contribution in [1.82, 2.24) is 10.2 Å². The first kappa shape index (κ1) is 18.1. The van der Waals surface area contributed by atoms with Gasteiger partial charge in [-0.15, -0.1) is 5.10 Å². The van der Waals surface area contributed by atoms with Crippen LogP contribution in [0.4, 0.5) is 6.01 Å². The number of amides is 1. The first-order valence-corrected chi connectivity index (χ1v) is 8.04. The van der Waals surface area contributed by atoms with Gasteiger partial charge in [0.25, 0.3) is 5.91 Å². The maximum atomic E-state index is 12.2. The van der Waals surface area contributed by atoms with Crippen LogP contribution in [0.25, 0.3) is 0 Å². The molecule has 8 heteroatoms. The van der Waals surface area contributed by atoms with Crippen LogP contribution in [0.15, 0.2) is 52.9 Å². The maximum absolute atomic E-state index is 12.2. The van der Waals surface area contributed by atoms with E-state index in [0.717, 1.165) is 11.3 Å². The number of anilines is 1. The number of ether oxygens (including phenoxy) is 2. The average Bonchev–Trinajstić information content (AvgIpc) is 3.14. The molecule has 3 rings (SSSR count). The van der Waals surface area contributed by atoms with E-state index in [1.54, 1.807) is 7.11 Å². The molecule has 1 heterocycles. The zero-order valence-electron chi connectivity index (χ0n) is 14.8. The van der Waals surface area contributed by atoms with Gasteiger partial charge in [0.1, 0.15) is 5.75 Å². The van der Waals surface area contributed by atoms with Gasteiger partial charge in [0.15, 0.2) is 0 Å². The molecule has 0 spiro atoms. The van der Waals surface area contributed by atoms with Crippen molar-refractivity contribution in [2.75, 3.05) is 19.5 Å². The van der Waals surface area contributed by atoms with Crippen LogP contribution in [-0.2, 0) is 11.2 Å². The van der Waals surface area contributed by atoms with Crippen molar-refractivity contribution in [1.29, 1.82) is 0 Å². The van der Waals surface area contributed by atoms with E-state index in [1.165, 1.54) is 31.4 Å². The Balaban J connectivity index is 1.62. The zero-order valence-corrected chi connectivity index (χ0v) is 14.8. The molecule has 0 aliphatic heterocycles. The van der Waals surface area contributed by atoms with Gasteiger partial charge in [-0.1, -0.05) is 17.2 Å². The standard InChI is InChI=1S/C19H17N3O5/c1-25-15-9-3-12(4-10-15)11-16-21-22-19(27-16)20-17(23)13-5-7-14(8-6-13)18(24)26-2/h3-10H,11H2,1-2H3,(H,20,22,23). The molecule has 0 atom stereocenters. The number of hydrogen-bond acceptors (Lipinski definition) is 7. The summed E-state index contributed by atoms with van der Waals surface area (Å²) in [5.41, 5.74) is 1.67. The molecule has 0 unspecified atom stereocenters. The number of carbonyl (C=O) groups is 2. The number of benzene rings is 2. The molecule has 27 heavy (non-hydrogen) atoms. The van der Waals surface area contributed by atoms with Crippen molar-refractivity contribution >= 4 is 17.9 Å². The zero-order chi connectivity index (χ0) is 19.2. The Morgan fingerprint density at radius 1 is 0.963 bits per heavy atom. The van der Waals surface area contributed by atoms with Crippen LogP contribution in [0.3, 0.4) is 0 Å². The van der Waals surface area contributed by atoms with Crippen molar-refractivity contribution in [2.45, 2.75) is 6.42 Å². The predicted molar refractivity (Wildman–Crippen MR) is 95.8 cm³/mol.